The maximum absolute atomic E-state index is 12.9. The lowest BCUT2D eigenvalue weighted by Crippen LogP contribution is -2.33. The highest BCUT2D eigenvalue weighted by Gasteiger charge is 2.22. The minimum absolute atomic E-state index is 0.00193. The Morgan fingerprint density at radius 3 is 2.41 bits per heavy atom. The Bertz CT molecular complexity index is 1200. The summed E-state index contributed by atoms with van der Waals surface area (Å²) in [6, 6.07) is 15.3. The quantitative estimate of drug-likeness (QED) is 0.259. The molecule has 2 N–H and O–H groups in total. The summed E-state index contributed by atoms with van der Waals surface area (Å²) in [6.07, 6.45) is 1.50. The molecular formula is C29H37N3O4S. The number of aromatic carboxylic acids is 1. The van der Waals surface area contributed by atoms with Crippen LogP contribution in [-0.2, 0) is 24.3 Å². The SMILES string of the molecule is CCOc1nc(CC)c(CNC(=O)C(CS)CC(C)C)n1Cc1ccc(-c2ccccc2C(=O)O)cc1. The molecule has 37 heavy (non-hydrogen) atoms. The Hall–Kier alpha value is -3.26. The molecule has 3 aromatic rings. The van der Waals surface area contributed by atoms with Crippen LogP contribution >= 0.6 is 12.6 Å². The van der Waals surface area contributed by atoms with Crippen molar-refractivity contribution in [1.82, 2.24) is 14.9 Å². The predicted octanol–water partition coefficient (Wildman–Crippen LogP) is 5.47. The first kappa shape index (κ1) is 28.3. The number of carboxylic acid groups (broad SMARTS) is 1. The van der Waals surface area contributed by atoms with Gasteiger partial charge in [-0.15, -0.1) is 0 Å². The van der Waals surface area contributed by atoms with Crippen LogP contribution in [0.2, 0.25) is 0 Å². The van der Waals surface area contributed by atoms with Gasteiger partial charge < -0.3 is 15.2 Å². The van der Waals surface area contributed by atoms with Crippen molar-refractivity contribution in [2.45, 2.75) is 53.6 Å². The second-order valence-corrected chi connectivity index (χ2v) is 9.80. The van der Waals surface area contributed by atoms with Gasteiger partial charge >= 0.3 is 5.97 Å². The van der Waals surface area contributed by atoms with Gasteiger partial charge in [0.25, 0.3) is 6.01 Å². The first-order chi connectivity index (χ1) is 17.8. The van der Waals surface area contributed by atoms with Gasteiger partial charge in [-0.25, -0.2) is 4.79 Å². The van der Waals surface area contributed by atoms with E-state index in [1.54, 1.807) is 12.1 Å². The molecule has 0 fully saturated rings. The van der Waals surface area contributed by atoms with Crippen LogP contribution in [0.5, 0.6) is 6.01 Å². The summed E-state index contributed by atoms with van der Waals surface area (Å²) in [4.78, 5) is 29.2. The summed E-state index contributed by atoms with van der Waals surface area (Å²) in [5.41, 5.74) is 4.60. The van der Waals surface area contributed by atoms with E-state index in [0.29, 0.717) is 49.4 Å². The maximum Gasteiger partial charge on any atom is 0.336 e. The van der Waals surface area contributed by atoms with Gasteiger partial charge in [0.1, 0.15) is 0 Å². The molecule has 1 heterocycles. The van der Waals surface area contributed by atoms with Gasteiger partial charge in [-0.2, -0.15) is 17.6 Å². The third-order valence-corrected chi connectivity index (χ3v) is 6.71. The van der Waals surface area contributed by atoms with Crippen LogP contribution in [0.25, 0.3) is 11.1 Å². The molecule has 1 amide bonds. The second kappa shape index (κ2) is 13.3. The Kier molecular flexibility index (Phi) is 10.2. The second-order valence-electron chi connectivity index (χ2n) is 9.43. The monoisotopic (exact) mass is 523 g/mol. The summed E-state index contributed by atoms with van der Waals surface area (Å²) < 4.78 is 7.87. The molecule has 7 nitrogen and oxygen atoms in total. The molecule has 0 aliphatic heterocycles. The minimum atomic E-state index is -0.952. The highest BCUT2D eigenvalue weighted by Crippen LogP contribution is 2.26. The molecule has 2 aromatic carbocycles. The molecule has 1 atom stereocenters. The fraction of sp³-hybridized carbons (Fsp3) is 0.414. The highest BCUT2D eigenvalue weighted by atomic mass is 32.1. The van der Waals surface area contributed by atoms with E-state index < -0.39 is 5.97 Å². The van der Waals surface area contributed by atoms with Crippen molar-refractivity contribution in [2.75, 3.05) is 12.4 Å². The number of aromatic nitrogens is 2. The van der Waals surface area contributed by atoms with Crippen LogP contribution in [-0.4, -0.2) is 38.9 Å². The van der Waals surface area contributed by atoms with Gasteiger partial charge in [-0.1, -0.05) is 63.2 Å². The lowest BCUT2D eigenvalue weighted by Gasteiger charge is -2.18. The number of carboxylic acids is 1. The molecule has 0 spiro atoms. The van der Waals surface area contributed by atoms with Crippen LogP contribution in [0.3, 0.4) is 0 Å². The molecule has 3 rings (SSSR count). The van der Waals surface area contributed by atoms with Crippen molar-refractivity contribution in [3.05, 3.63) is 71.0 Å². The number of hydrogen-bond donors (Lipinski definition) is 3. The molecule has 1 aromatic heterocycles. The van der Waals surface area contributed by atoms with Crippen molar-refractivity contribution < 1.29 is 19.4 Å². The van der Waals surface area contributed by atoms with E-state index in [1.807, 2.05) is 54.8 Å². The molecule has 0 bridgehead atoms. The number of hydrogen-bond acceptors (Lipinski definition) is 5. The van der Waals surface area contributed by atoms with E-state index >= 15 is 0 Å². The highest BCUT2D eigenvalue weighted by molar-refractivity contribution is 7.80. The van der Waals surface area contributed by atoms with E-state index in [2.05, 4.69) is 31.8 Å². The van der Waals surface area contributed by atoms with Gasteiger partial charge in [0.2, 0.25) is 5.91 Å². The molecule has 0 saturated heterocycles. The van der Waals surface area contributed by atoms with Crippen molar-refractivity contribution in [1.29, 1.82) is 0 Å². The summed E-state index contributed by atoms with van der Waals surface area (Å²) in [5.74, 6) is -0.178. The summed E-state index contributed by atoms with van der Waals surface area (Å²) >= 11 is 4.39. The van der Waals surface area contributed by atoms with Crippen molar-refractivity contribution in [3.63, 3.8) is 0 Å². The zero-order chi connectivity index (χ0) is 26.9. The van der Waals surface area contributed by atoms with Crippen molar-refractivity contribution in [2.24, 2.45) is 11.8 Å². The van der Waals surface area contributed by atoms with Crippen LogP contribution in [0.15, 0.2) is 48.5 Å². The zero-order valence-corrected chi connectivity index (χ0v) is 22.9. The summed E-state index contributed by atoms with van der Waals surface area (Å²) in [5, 5.41) is 12.6. The molecule has 1 unspecified atom stereocenters. The number of carbonyl (C=O) groups excluding carboxylic acids is 1. The van der Waals surface area contributed by atoms with Crippen LogP contribution in [0.4, 0.5) is 0 Å². The molecule has 0 saturated carbocycles. The van der Waals surface area contributed by atoms with Gasteiger partial charge in [0.15, 0.2) is 0 Å². The van der Waals surface area contributed by atoms with E-state index in [1.165, 1.54) is 0 Å². The molecule has 198 valence electrons. The average Bonchev–Trinajstić information content (AvgIpc) is 3.22. The normalized spacial score (nSPS) is 11.9. The smallest absolute Gasteiger partial charge is 0.336 e. The lowest BCUT2D eigenvalue weighted by atomic mass is 9.98. The molecule has 0 aliphatic carbocycles. The van der Waals surface area contributed by atoms with Crippen LogP contribution in [0, 0.1) is 11.8 Å². The number of aryl methyl sites for hydroxylation is 1. The van der Waals surface area contributed by atoms with E-state index in [-0.39, 0.29) is 17.4 Å². The first-order valence-corrected chi connectivity index (χ1v) is 13.4. The van der Waals surface area contributed by atoms with Crippen LogP contribution < -0.4 is 10.1 Å². The van der Waals surface area contributed by atoms with E-state index in [4.69, 9.17) is 9.72 Å². The van der Waals surface area contributed by atoms with Crippen molar-refractivity contribution >= 4 is 24.5 Å². The van der Waals surface area contributed by atoms with E-state index in [0.717, 1.165) is 28.9 Å². The van der Waals surface area contributed by atoms with Crippen molar-refractivity contribution in [3.8, 4) is 17.1 Å². The number of ether oxygens (including phenoxy) is 1. The number of benzene rings is 2. The maximum atomic E-state index is 12.9. The van der Waals surface area contributed by atoms with Gasteiger partial charge in [0, 0.05) is 11.7 Å². The standard InChI is InChI=1S/C29H37N3O4S/c1-5-25-26(16-30-27(33)22(18-37)15-19(3)4)32(29(31-25)36-6-2)17-20-11-13-21(14-12-20)23-9-7-8-10-24(23)28(34)35/h7-14,19,22,37H,5-6,15-18H2,1-4H3,(H,30,33)(H,34,35). The molecule has 8 heteroatoms. The number of nitrogens with one attached hydrogen (secondary N) is 1. The Morgan fingerprint density at radius 2 is 1.81 bits per heavy atom. The summed E-state index contributed by atoms with van der Waals surface area (Å²) in [6.45, 7) is 9.52. The lowest BCUT2D eigenvalue weighted by molar-refractivity contribution is -0.125. The van der Waals surface area contributed by atoms with Gasteiger partial charge in [-0.3, -0.25) is 9.36 Å². The average molecular weight is 524 g/mol. The summed E-state index contributed by atoms with van der Waals surface area (Å²) in [7, 11) is 0. The minimum Gasteiger partial charge on any atom is -0.478 e. The Morgan fingerprint density at radius 1 is 1.11 bits per heavy atom. The number of thiol groups is 1. The topological polar surface area (TPSA) is 93.5 Å². The molecular weight excluding hydrogens is 486 g/mol. The zero-order valence-electron chi connectivity index (χ0n) is 22.0. The van der Waals surface area contributed by atoms with Gasteiger partial charge in [0.05, 0.1) is 36.6 Å². The number of carbonyl (C=O) groups is 2. The fourth-order valence-corrected chi connectivity index (χ4v) is 4.75. The predicted molar refractivity (Wildman–Crippen MR) is 149 cm³/mol. The number of amides is 1. The Labute approximate surface area is 224 Å². The third-order valence-electron chi connectivity index (χ3n) is 6.27. The van der Waals surface area contributed by atoms with Gasteiger partial charge in [-0.05, 0) is 48.4 Å². The fourth-order valence-electron chi connectivity index (χ4n) is 4.44. The third kappa shape index (κ3) is 7.16. The molecule has 0 radical (unpaired) electrons. The number of nitrogens with zero attached hydrogens (tertiary/aromatic N) is 2. The first-order valence-electron chi connectivity index (χ1n) is 12.8. The Balaban J connectivity index is 1.87. The number of imidazole rings is 1. The van der Waals surface area contributed by atoms with Crippen LogP contribution in [0.1, 0.15) is 61.4 Å². The van der Waals surface area contributed by atoms with E-state index in [9.17, 15) is 14.7 Å². The largest absolute Gasteiger partial charge is 0.478 e. The molecule has 0 aliphatic rings. The number of rotatable bonds is 13.